The van der Waals surface area contributed by atoms with Crippen molar-refractivity contribution in [1.82, 2.24) is 19.7 Å². The average Bonchev–Trinajstić information content (AvgIpc) is 3.10. The number of nitrogens with one attached hydrogen (secondary N) is 2. The number of amides is 3. The van der Waals surface area contributed by atoms with Gasteiger partial charge in [0.1, 0.15) is 16.5 Å². The number of aromatic nitrogens is 4. The van der Waals surface area contributed by atoms with E-state index in [1.165, 1.54) is 16.9 Å². The quantitative estimate of drug-likeness (QED) is 0.380. The van der Waals surface area contributed by atoms with Crippen LogP contribution < -0.4 is 22.1 Å². The van der Waals surface area contributed by atoms with Crippen LogP contribution in [0.15, 0.2) is 30.6 Å². The van der Waals surface area contributed by atoms with Crippen LogP contribution in [0.4, 0.5) is 21.6 Å². The van der Waals surface area contributed by atoms with E-state index in [4.69, 9.17) is 23.1 Å². The summed E-state index contributed by atoms with van der Waals surface area (Å²) in [7, 11) is 0. The molecule has 3 aromatic heterocycles. The second kappa shape index (κ2) is 9.61. The fourth-order valence-electron chi connectivity index (χ4n) is 2.93. The number of carbonyl (C=O) groups excluding carboxylic acids is 3. The van der Waals surface area contributed by atoms with E-state index >= 15 is 0 Å². The molecule has 172 valence electrons. The van der Waals surface area contributed by atoms with Crippen LogP contribution in [-0.4, -0.2) is 37.5 Å². The van der Waals surface area contributed by atoms with Crippen LogP contribution in [0.5, 0.6) is 0 Å². The summed E-state index contributed by atoms with van der Waals surface area (Å²) in [6.45, 7) is 3.48. The van der Waals surface area contributed by atoms with Crippen molar-refractivity contribution in [2.45, 2.75) is 26.3 Å². The van der Waals surface area contributed by atoms with E-state index in [1.54, 1.807) is 26.0 Å². The number of nitrogens with zero attached hydrogens (tertiary/aromatic N) is 4. The lowest BCUT2D eigenvalue weighted by molar-refractivity contribution is -0.115. The molecule has 3 amide bonds. The van der Waals surface area contributed by atoms with Crippen LogP contribution in [0.2, 0.25) is 5.15 Å². The lowest BCUT2D eigenvalue weighted by Crippen LogP contribution is -2.21. The number of anilines is 3. The zero-order chi connectivity index (χ0) is 24.3. The van der Waals surface area contributed by atoms with Crippen molar-refractivity contribution in [3.8, 4) is 0 Å². The van der Waals surface area contributed by atoms with Gasteiger partial charge in [-0.15, -0.1) is 0 Å². The summed E-state index contributed by atoms with van der Waals surface area (Å²) in [5.74, 6) is -3.41. The highest BCUT2D eigenvalue weighted by molar-refractivity contribution is 6.29. The first-order valence-electron chi connectivity index (χ1n) is 9.61. The molecular weight excluding hydrogens is 455 g/mol. The van der Waals surface area contributed by atoms with Crippen molar-refractivity contribution < 1.29 is 18.8 Å². The maximum Gasteiger partial charge on any atom is 0.277 e. The van der Waals surface area contributed by atoms with Crippen LogP contribution in [0.3, 0.4) is 0 Å². The minimum Gasteiger partial charge on any atom is -0.383 e. The Labute approximate surface area is 192 Å². The standard InChI is InChI=1S/C20H20ClFN8O3/c1-9(2)30-18(23)15(19(24)32)16(29-30)20(33)28-12-6-11(8-26-17(12)22)27-14(31)5-10-3-4-13(21)25-7-10/h3-4,6-9H,5,23H2,1-2H3,(H2,24,32)(H,27,31)(H,28,33). The van der Waals surface area contributed by atoms with Gasteiger partial charge in [-0.1, -0.05) is 17.7 Å². The largest absolute Gasteiger partial charge is 0.383 e. The van der Waals surface area contributed by atoms with Crippen molar-refractivity contribution in [2.75, 3.05) is 16.4 Å². The number of nitrogen functional groups attached to an aromatic ring is 1. The first-order valence-corrected chi connectivity index (χ1v) is 9.99. The molecule has 0 bridgehead atoms. The first kappa shape index (κ1) is 23.6. The van der Waals surface area contributed by atoms with Gasteiger partial charge in [0.05, 0.1) is 24.0 Å². The number of hydrogen-bond acceptors (Lipinski definition) is 7. The van der Waals surface area contributed by atoms with Crippen LogP contribution in [0.25, 0.3) is 0 Å². The monoisotopic (exact) mass is 474 g/mol. The molecule has 0 atom stereocenters. The summed E-state index contributed by atoms with van der Waals surface area (Å²) in [4.78, 5) is 44.2. The molecule has 0 aliphatic carbocycles. The summed E-state index contributed by atoms with van der Waals surface area (Å²) in [5.41, 5.74) is 11.0. The predicted molar refractivity (Wildman–Crippen MR) is 119 cm³/mol. The van der Waals surface area contributed by atoms with Gasteiger partial charge in [-0.25, -0.2) is 14.6 Å². The Morgan fingerprint density at radius 1 is 1.18 bits per heavy atom. The molecule has 0 unspecified atom stereocenters. The van der Waals surface area contributed by atoms with Gasteiger partial charge in [0.2, 0.25) is 11.9 Å². The molecule has 13 heteroatoms. The number of halogens is 2. The second-order valence-electron chi connectivity index (χ2n) is 7.24. The minimum atomic E-state index is -1.01. The minimum absolute atomic E-state index is 0.0167. The third-order valence-electron chi connectivity index (χ3n) is 4.42. The molecule has 3 aromatic rings. The Kier molecular flexibility index (Phi) is 6.87. The maximum atomic E-state index is 14.2. The summed E-state index contributed by atoms with van der Waals surface area (Å²) in [6.07, 6.45) is 2.52. The number of pyridine rings is 2. The Bertz CT molecular complexity index is 1230. The number of rotatable bonds is 7. The van der Waals surface area contributed by atoms with Gasteiger partial charge < -0.3 is 22.1 Å². The molecular formula is C20H20ClFN8O3. The second-order valence-corrected chi connectivity index (χ2v) is 7.63. The van der Waals surface area contributed by atoms with Gasteiger partial charge >= 0.3 is 0 Å². The van der Waals surface area contributed by atoms with E-state index in [1.807, 2.05) is 0 Å². The highest BCUT2D eigenvalue weighted by Crippen LogP contribution is 2.23. The van der Waals surface area contributed by atoms with Crippen molar-refractivity contribution in [2.24, 2.45) is 5.73 Å². The normalized spacial score (nSPS) is 10.8. The highest BCUT2D eigenvalue weighted by Gasteiger charge is 2.27. The summed E-state index contributed by atoms with van der Waals surface area (Å²) >= 11 is 5.72. The Hall–Kier alpha value is -4.06. The zero-order valence-corrected chi connectivity index (χ0v) is 18.4. The lowest BCUT2D eigenvalue weighted by atomic mass is 10.2. The third kappa shape index (κ3) is 5.41. The number of carbonyl (C=O) groups is 3. The van der Waals surface area contributed by atoms with E-state index in [-0.39, 0.29) is 40.9 Å². The summed E-state index contributed by atoms with van der Waals surface area (Å²) in [6, 6.07) is 4.09. The van der Waals surface area contributed by atoms with Gasteiger partial charge in [-0.05, 0) is 31.5 Å². The molecule has 33 heavy (non-hydrogen) atoms. The lowest BCUT2D eigenvalue weighted by Gasteiger charge is -2.09. The maximum absolute atomic E-state index is 14.2. The smallest absolute Gasteiger partial charge is 0.277 e. The highest BCUT2D eigenvalue weighted by atomic mass is 35.5. The third-order valence-corrected chi connectivity index (χ3v) is 4.65. The summed E-state index contributed by atoms with van der Waals surface area (Å²) in [5, 5.41) is 9.15. The van der Waals surface area contributed by atoms with Crippen molar-refractivity contribution in [3.63, 3.8) is 0 Å². The molecule has 3 rings (SSSR count). The molecule has 6 N–H and O–H groups in total. The molecule has 0 spiro atoms. The van der Waals surface area contributed by atoms with E-state index in [0.29, 0.717) is 10.7 Å². The van der Waals surface area contributed by atoms with Gasteiger partial charge in [0, 0.05) is 12.2 Å². The van der Waals surface area contributed by atoms with Crippen molar-refractivity contribution in [3.05, 3.63) is 58.5 Å². The van der Waals surface area contributed by atoms with Gasteiger partial charge in [-0.3, -0.25) is 14.4 Å². The Morgan fingerprint density at radius 2 is 1.91 bits per heavy atom. The predicted octanol–water partition coefficient (Wildman–Crippen LogP) is 2.16. The van der Waals surface area contributed by atoms with E-state index in [0.717, 1.165) is 6.20 Å². The zero-order valence-electron chi connectivity index (χ0n) is 17.6. The SMILES string of the molecule is CC(C)n1nc(C(=O)Nc2cc(NC(=O)Cc3ccc(Cl)nc3)cnc2F)c(C(N)=O)c1N. The Balaban J connectivity index is 1.79. The van der Waals surface area contributed by atoms with Gasteiger partial charge in [0.25, 0.3) is 11.8 Å². The number of primary amides is 1. The summed E-state index contributed by atoms with van der Waals surface area (Å²) < 4.78 is 15.5. The van der Waals surface area contributed by atoms with Gasteiger partial charge in [-0.2, -0.15) is 9.49 Å². The van der Waals surface area contributed by atoms with Gasteiger partial charge in [0.15, 0.2) is 5.69 Å². The fraction of sp³-hybridized carbons (Fsp3) is 0.200. The number of hydrogen-bond donors (Lipinski definition) is 4. The molecule has 0 aliphatic rings. The molecule has 0 aromatic carbocycles. The molecule has 0 aliphatic heterocycles. The molecule has 0 saturated carbocycles. The van der Waals surface area contributed by atoms with E-state index in [9.17, 15) is 18.8 Å². The molecule has 0 radical (unpaired) electrons. The molecule has 3 heterocycles. The van der Waals surface area contributed by atoms with E-state index in [2.05, 4.69) is 25.7 Å². The van der Waals surface area contributed by atoms with Crippen LogP contribution >= 0.6 is 11.6 Å². The average molecular weight is 475 g/mol. The first-order chi connectivity index (χ1) is 15.6. The topological polar surface area (TPSA) is 171 Å². The van der Waals surface area contributed by atoms with Crippen LogP contribution in [-0.2, 0) is 11.2 Å². The molecule has 11 nitrogen and oxygen atoms in total. The van der Waals surface area contributed by atoms with Crippen molar-refractivity contribution >= 4 is 46.5 Å². The molecule has 0 saturated heterocycles. The van der Waals surface area contributed by atoms with E-state index < -0.39 is 23.7 Å². The van der Waals surface area contributed by atoms with Crippen LogP contribution in [0.1, 0.15) is 46.3 Å². The van der Waals surface area contributed by atoms with Crippen LogP contribution in [0, 0.1) is 5.95 Å². The number of nitrogens with two attached hydrogens (primary N) is 2. The van der Waals surface area contributed by atoms with Crippen molar-refractivity contribution in [1.29, 1.82) is 0 Å². The molecule has 0 fully saturated rings. The Morgan fingerprint density at radius 3 is 2.52 bits per heavy atom. The fourth-order valence-corrected chi connectivity index (χ4v) is 3.04.